The van der Waals surface area contributed by atoms with Crippen molar-refractivity contribution in [3.8, 4) is 17.2 Å². The fraction of sp³-hybridized carbons (Fsp3) is 0.192. The van der Waals surface area contributed by atoms with Crippen LogP contribution in [0.3, 0.4) is 0 Å². The number of amides is 2. The first-order valence-electron chi connectivity index (χ1n) is 10.8. The van der Waals surface area contributed by atoms with E-state index in [4.69, 9.17) is 14.2 Å². The van der Waals surface area contributed by atoms with Gasteiger partial charge in [0.05, 0.1) is 20.4 Å². The van der Waals surface area contributed by atoms with Crippen LogP contribution in [0.15, 0.2) is 76.3 Å². The van der Waals surface area contributed by atoms with Gasteiger partial charge in [0.25, 0.3) is 0 Å². The second-order valence-electron chi connectivity index (χ2n) is 7.35. The molecule has 0 fully saturated rings. The lowest BCUT2D eigenvalue weighted by molar-refractivity contribution is -0.139. The summed E-state index contributed by atoms with van der Waals surface area (Å²) < 4.78 is 17.2. The maximum Gasteiger partial charge on any atom is 0.329 e. The Morgan fingerprint density at radius 3 is 2.37 bits per heavy atom. The van der Waals surface area contributed by atoms with Crippen LogP contribution in [0.25, 0.3) is 0 Å². The SMILES string of the molecule is COc1ccc(CCNC(=O)C(=O)N/N=C\c2cc(Br)ccc2OCc2ccccc2)cc1OC. The number of carbonyl (C=O) groups is 2. The molecule has 0 aliphatic carbocycles. The van der Waals surface area contributed by atoms with Gasteiger partial charge in [-0.1, -0.05) is 52.3 Å². The van der Waals surface area contributed by atoms with Gasteiger partial charge < -0.3 is 19.5 Å². The van der Waals surface area contributed by atoms with E-state index in [9.17, 15) is 9.59 Å². The molecule has 3 rings (SSSR count). The number of methoxy groups -OCH3 is 2. The highest BCUT2D eigenvalue weighted by atomic mass is 79.9. The Hall–Kier alpha value is -3.85. The van der Waals surface area contributed by atoms with Crippen LogP contribution in [0, 0.1) is 0 Å². The first-order valence-corrected chi connectivity index (χ1v) is 11.6. The third kappa shape index (κ3) is 7.86. The van der Waals surface area contributed by atoms with Crippen LogP contribution in [0.2, 0.25) is 0 Å². The van der Waals surface area contributed by atoms with Crippen molar-refractivity contribution >= 4 is 34.0 Å². The Balaban J connectivity index is 1.50. The van der Waals surface area contributed by atoms with Crippen molar-refractivity contribution in [1.29, 1.82) is 0 Å². The van der Waals surface area contributed by atoms with Gasteiger partial charge in [-0.3, -0.25) is 9.59 Å². The molecule has 3 aromatic carbocycles. The Morgan fingerprint density at radius 1 is 0.886 bits per heavy atom. The van der Waals surface area contributed by atoms with E-state index >= 15 is 0 Å². The fourth-order valence-corrected chi connectivity index (χ4v) is 3.51. The van der Waals surface area contributed by atoms with Gasteiger partial charge >= 0.3 is 11.8 Å². The molecule has 3 aromatic rings. The van der Waals surface area contributed by atoms with Crippen LogP contribution < -0.4 is 25.0 Å². The minimum absolute atomic E-state index is 0.272. The molecule has 0 aliphatic heterocycles. The number of nitrogens with zero attached hydrogens (tertiary/aromatic N) is 1. The third-order valence-electron chi connectivity index (χ3n) is 4.93. The van der Waals surface area contributed by atoms with Crippen molar-refractivity contribution in [2.24, 2.45) is 5.10 Å². The highest BCUT2D eigenvalue weighted by molar-refractivity contribution is 9.10. The molecule has 2 amide bonds. The molecule has 0 saturated carbocycles. The minimum atomic E-state index is -0.865. The molecular weight excluding hydrogens is 514 g/mol. The maximum atomic E-state index is 12.1. The Labute approximate surface area is 212 Å². The first-order chi connectivity index (χ1) is 17.0. The van der Waals surface area contributed by atoms with Crippen LogP contribution in [0.4, 0.5) is 0 Å². The summed E-state index contributed by atoms with van der Waals surface area (Å²) in [6.07, 6.45) is 1.95. The number of ether oxygens (including phenoxy) is 3. The molecule has 0 bridgehead atoms. The second-order valence-corrected chi connectivity index (χ2v) is 8.27. The zero-order valence-corrected chi connectivity index (χ0v) is 21.0. The number of hydrogen-bond acceptors (Lipinski definition) is 6. The summed E-state index contributed by atoms with van der Waals surface area (Å²) in [5.41, 5.74) is 4.84. The summed E-state index contributed by atoms with van der Waals surface area (Å²) in [7, 11) is 3.12. The smallest absolute Gasteiger partial charge is 0.329 e. The summed E-state index contributed by atoms with van der Waals surface area (Å²) in [5, 5.41) is 6.49. The number of hydrogen-bond donors (Lipinski definition) is 2. The summed E-state index contributed by atoms with van der Waals surface area (Å²) in [6.45, 7) is 0.659. The zero-order chi connectivity index (χ0) is 25.0. The molecule has 35 heavy (non-hydrogen) atoms. The average molecular weight is 540 g/mol. The quantitative estimate of drug-likeness (QED) is 0.231. The van der Waals surface area contributed by atoms with E-state index in [1.807, 2.05) is 48.5 Å². The summed E-state index contributed by atoms with van der Waals surface area (Å²) in [6, 6.07) is 20.7. The summed E-state index contributed by atoms with van der Waals surface area (Å²) >= 11 is 3.42. The topological polar surface area (TPSA) is 98.2 Å². The molecule has 0 unspecified atom stereocenters. The van der Waals surface area contributed by atoms with E-state index in [0.29, 0.717) is 35.8 Å². The van der Waals surface area contributed by atoms with E-state index in [1.165, 1.54) is 6.21 Å². The number of benzene rings is 3. The second kappa shape index (κ2) is 13.1. The molecule has 0 radical (unpaired) electrons. The highest BCUT2D eigenvalue weighted by Crippen LogP contribution is 2.27. The van der Waals surface area contributed by atoms with Crippen LogP contribution in [-0.4, -0.2) is 38.8 Å². The lowest BCUT2D eigenvalue weighted by Crippen LogP contribution is -2.38. The van der Waals surface area contributed by atoms with E-state index < -0.39 is 11.8 Å². The fourth-order valence-electron chi connectivity index (χ4n) is 3.13. The normalized spacial score (nSPS) is 10.6. The monoisotopic (exact) mass is 539 g/mol. The molecule has 182 valence electrons. The van der Waals surface area contributed by atoms with Crippen molar-refractivity contribution < 1.29 is 23.8 Å². The molecule has 8 nitrogen and oxygen atoms in total. The number of hydrazone groups is 1. The molecular formula is C26H26BrN3O5. The van der Waals surface area contributed by atoms with Gasteiger partial charge in [-0.05, 0) is 47.9 Å². The Morgan fingerprint density at radius 2 is 1.63 bits per heavy atom. The molecule has 9 heteroatoms. The summed E-state index contributed by atoms with van der Waals surface area (Å²) in [5.74, 6) is 0.168. The maximum absolute atomic E-state index is 12.1. The third-order valence-corrected chi connectivity index (χ3v) is 5.43. The van der Waals surface area contributed by atoms with Gasteiger partial charge in [0.15, 0.2) is 11.5 Å². The van der Waals surface area contributed by atoms with Gasteiger partial charge in [0.2, 0.25) is 0 Å². The van der Waals surface area contributed by atoms with Crippen molar-refractivity contribution in [3.63, 3.8) is 0 Å². The zero-order valence-electron chi connectivity index (χ0n) is 19.4. The van der Waals surface area contributed by atoms with Gasteiger partial charge in [-0.2, -0.15) is 5.10 Å². The Kier molecular flexibility index (Phi) is 9.68. The van der Waals surface area contributed by atoms with Crippen LogP contribution in [0.1, 0.15) is 16.7 Å². The highest BCUT2D eigenvalue weighted by Gasteiger charge is 2.12. The molecule has 0 saturated heterocycles. The van der Waals surface area contributed by atoms with Crippen molar-refractivity contribution in [1.82, 2.24) is 10.7 Å². The number of rotatable bonds is 10. The summed E-state index contributed by atoms with van der Waals surface area (Å²) in [4.78, 5) is 24.2. The number of nitrogens with one attached hydrogen (secondary N) is 2. The molecule has 0 heterocycles. The predicted molar refractivity (Wildman–Crippen MR) is 137 cm³/mol. The number of halogens is 1. The minimum Gasteiger partial charge on any atom is -0.493 e. The number of carbonyl (C=O) groups excluding carboxylic acids is 2. The van der Waals surface area contributed by atoms with Gasteiger partial charge in [-0.25, -0.2) is 5.43 Å². The van der Waals surface area contributed by atoms with Crippen LogP contribution >= 0.6 is 15.9 Å². The Bertz CT molecular complexity index is 1180. The molecule has 0 spiro atoms. The standard InChI is InChI=1S/C26H26BrN3O5/c1-33-23-10-8-18(14-24(23)34-2)12-13-28-25(31)26(32)30-29-16-20-15-21(27)9-11-22(20)35-17-19-6-4-3-5-7-19/h3-11,14-16H,12-13,17H2,1-2H3,(H,28,31)(H,30,32)/b29-16-. The molecule has 0 atom stereocenters. The molecule has 2 N–H and O–H groups in total. The van der Waals surface area contributed by atoms with Crippen molar-refractivity contribution in [3.05, 3.63) is 87.9 Å². The van der Waals surface area contributed by atoms with Gasteiger partial charge in [-0.15, -0.1) is 0 Å². The van der Waals surface area contributed by atoms with E-state index in [2.05, 4.69) is 31.8 Å². The van der Waals surface area contributed by atoms with Crippen LogP contribution in [0.5, 0.6) is 17.2 Å². The van der Waals surface area contributed by atoms with E-state index in [-0.39, 0.29) is 6.54 Å². The molecule has 0 aromatic heterocycles. The van der Waals surface area contributed by atoms with E-state index in [0.717, 1.165) is 15.6 Å². The largest absolute Gasteiger partial charge is 0.493 e. The van der Waals surface area contributed by atoms with E-state index in [1.54, 1.807) is 32.4 Å². The first kappa shape index (κ1) is 25.8. The van der Waals surface area contributed by atoms with Crippen LogP contribution in [-0.2, 0) is 22.6 Å². The lowest BCUT2D eigenvalue weighted by atomic mass is 10.1. The van der Waals surface area contributed by atoms with Crippen molar-refractivity contribution in [2.45, 2.75) is 13.0 Å². The predicted octanol–water partition coefficient (Wildman–Crippen LogP) is 3.85. The van der Waals surface area contributed by atoms with Gasteiger partial charge in [0.1, 0.15) is 12.4 Å². The lowest BCUT2D eigenvalue weighted by Gasteiger charge is -2.10. The average Bonchev–Trinajstić information content (AvgIpc) is 2.88. The van der Waals surface area contributed by atoms with Gasteiger partial charge in [0, 0.05) is 16.6 Å². The van der Waals surface area contributed by atoms with Crippen molar-refractivity contribution in [2.75, 3.05) is 20.8 Å². The molecule has 0 aliphatic rings.